The zero-order chi connectivity index (χ0) is 11.4. The maximum atomic E-state index is 5.80. The minimum absolute atomic E-state index is 0.355. The lowest BCUT2D eigenvalue weighted by Gasteiger charge is -2.12. The van der Waals surface area contributed by atoms with Gasteiger partial charge in [-0.15, -0.1) is 0 Å². The lowest BCUT2D eigenvalue weighted by Crippen LogP contribution is -2.11. The Morgan fingerprint density at radius 2 is 2.38 bits per heavy atom. The molecule has 88 valence electrons. The van der Waals surface area contributed by atoms with Gasteiger partial charge in [-0.05, 0) is 31.0 Å². The third-order valence-electron chi connectivity index (χ3n) is 2.69. The minimum Gasteiger partial charge on any atom is -0.491 e. The van der Waals surface area contributed by atoms with Gasteiger partial charge in [-0.3, -0.25) is 0 Å². The molecule has 1 atom stereocenters. The lowest BCUT2D eigenvalue weighted by molar-refractivity contribution is 0.0904. The summed E-state index contributed by atoms with van der Waals surface area (Å²) in [5.41, 5.74) is 6.36. The van der Waals surface area contributed by atoms with Crippen LogP contribution in [0.15, 0.2) is 18.2 Å². The molecule has 0 amide bonds. The minimum atomic E-state index is 0.355. The molecule has 0 bridgehead atoms. The van der Waals surface area contributed by atoms with Crippen molar-refractivity contribution in [2.75, 3.05) is 18.9 Å². The first kappa shape index (κ1) is 11.6. The quantitative estimate of drug-likeness (QED) is 0.825. The second kappa shape index (κ2) is 5.41. The van der Waals surface area contributed by atoms with Crippen molar-refractivity contribution < 1.29 is 9.47 Å². The van der Waals surface area contributed by atoms with Crippen LogP contribution in [0.3, 0.4) is 0 Å². The third kappa shape index (κ3) is 3.03. The normalized spacial score (nSPS) is 19.9. The molecule has 1 aliphatic rings. The molecule has 2 rings (SSSR count). The first-order chi connectivity index (χ1) is 7.75. The molecule has 0 radical (unpaired) electrons. The SMILES string of the molecule is Nc1cc(Cl)ccc1OCCC1CCCO1. The summed E-state index contributed by atoms with van der Waals surface area (Å²) in [4.78, 5) is 0. The van der Waals surface area contributed by atoms with Gasteiger partial charge in [-0.2, -0.15) is 0 Å². The highest BCUT2D eigenvalue weighted by Gasteiger charge is 2.15. The zero-order valence-electron chi connectivity index (χ0n) is 9.12. The third-order valence-corrected chi connectivity index (χ3v) is 2.93. The van der Waals surface area contributed by atoms with Gasteiger partial charge in [0.15, 0.2) is 0 Å². The summed E-state index contributed by atoms with van der Waals surface area (Å²) in [6.07, 6.45) is 3.57. The van der Waals surface area contributed by atoms with E-state index in [4.69, 9.17) is 26.8 Å². The topological polar surface area (TPSA) is 44.5 Å². The molecule has 0 aromatic heterocycles. The van der Waals surface area contributed by atoms with Crippen LogP contribution >= 0.6 is 11.6 Å². The summed E-state index contributed by atoms with van der Waals surface area (Å²) in [7, 11) is 0. The molecule has 1 heterocycles. The fraction of sp³-hybridized carbons (Fsp3) is 0.500. The Balaban J connectivity index is 1.80. The van der Waals surface area contributed by atoms with Crippen molar-refractivity contribution in [3.63, 3.8) is 0 Å². The van der Waals surface area contributed by atoms with Gasteiger partial charge in [-0.25, -0.2) is 0 Å². The molecular formula is C12H16ClNO2. The van der Waals surface area contributed by atoms with Gasteiger partial charge in [-0.1, -0.05) is 11.6 Å². The van der Waals surface area contributed by atoms with Gasteiger partial charge in [0.05, 0.1) is 18.4 Å². The molecule has 1 saturated heterocycles. The number of benzene rings is 1. The van der Waals surface area contributed by atoms with Crippen LogP contribution in [0.25, 0.3) is 0 Å². The van der Waals surface area contributed by atoms with Crippen molar-refractivity contribution in [2.45, 2.75) is 25.4 Å². The number of nitrogen functional groups attached to an aromatic ring is 1. The number of halogens is 1. The Kier molecular flexibility index (Phi) is 3.91. The average molecular weight is 242 g/mol. The fourth-order valence-corrected chi connectivity index (χ4v) is 2.00. The molecule has 1 fully saturated rings. The highest BCUT2D eigenvalue weighted by atomic mass is 35.5. The maximum Gasteiger partial charge on any atom is 0.142 e. The van der Waals surface area contributed by atoms with Gasteiger partial charge < -0.3 is 15.2 Å². The number of hydrogen-bond donors (Lipinski definition) is 1. The van der Waals surface area contributed by atoms with Gasteiger partial charge in [0, 0.05) is 18.1 Å². The molecule has 2 N–H and O–H groups in total. The van der Waals surface area contributed by atoms with Crippen molar-refractivity contribution in [3.8, 4) is 5.75 Å². The maximum absolute atomic E-state index is 5.80. The van der Waals surface area contributed by atoms with E-state index in [0.29, 0.717) is 29.2 Å². The Bertz CT molecular complexity index is 351. The number of nitrogens with two attached hydrogens (primary N) is 1. The number of rotatable bonds is 4. The molecular weight excluding hydrogens is 226 g/mol. The average Bonchev–Trinajstić information content (AvgIpc) is 2.74. The van der Waals surface area contributed by atoms with Crippen LogP contribution in [-0.2, 0) is 4.74 Å². The van der Waals surface area contributed by atoms with Crippen molar-refractivity contribution in [3.05, 3.63) is 23.2 Å². The van der Waals surface area contributed by atoms with Gasteiger partial charge in [0.2, 0.25) is 0 Å². The zero-order valence-corrected chi connectivity index (χ0v) is 9.87. The molecule has 1 aromatic carbocycles. The Hall–Kier alpha value is -0.930. The molecule has 3 nitrogen and oxygen atoms in total. The van der Waals surface area contributed by atoms with E-state index in [1.807, 2.05) is 0 Å². The molecule has 0 saturated carbocycles. The van der Waals surface area contributed by atoms with Gasteiger partial charge in [0.25, 0.3) is 0 Å². The van der Waals surface area contributed by atoms with E-state index < -0.39 is 0 Å². The molecule has 4 heteroatoms. The Morgan fingerprint density at radius 3 is 3.06 bits per heavy atom. The summed E-state index contributed by atoms with van der Waals surface area (Å²) >= 11 is 5.80. The fourth-order valence-electron chi connectivity index (χ4n) is 1.82. The first-order valence-corrected chi connectivity index (χ1v) is 5.93. The Morgan fingerprint density at radius 1 is 1.50 bits per heavy atom. The molecule has 1 unspecified atom stereocenters. The van der Waals surface area contributed by atoms with Crippen LogP contribution in [0.1, 0.15) is 19.3 Å². The second-order valence-electron chi connectivity index (χ2n) is 3.95. The van der Waals surface area contributed by atoms with Crippen molar-refractivity contribution in [1.29, 1.82) is 0 Å². The van der Waals surface area contributed by atoms with E-state index >= 15 is 0 Å². The second-order valence-corrected chi connectivity index (χ2v) is 4.39. The lowest BCUT2D eigenvalue weighted by atomic mass is 10.2. The van der Waals surface area contributed by atoms with Crippen molar-refractivity contribution in [1.82, 2.24) is 0 Å². The molecule has 16 heavy (non-hydrogen) atoms. The van der Waals surface area contributed by atoms with E-state index in [0.717, 1.165) is 25.9 Å². The van der Waals surface area contributed by atoms with Gasteiger partial charge in [0.1, 0.15) is 5.75 Å². The summed E-state index contributed by atoms with van der Waals surface area (Å²) in [5, 5.41) is 0.629. The molecule has 0 aliphatic carbocycles. The van der Waals surface area contributed by atoms with Crippen molar-refractivity contribution in [2.24, 2.45) is 0 Å². The molecule has 0 spiro atoms. The Labute approximate surface area is 100 Å². The summed E-state index contributed by atoms with van der Waals surface area (Å²) in [5.74, 6) is 0.697. The molecule has 1 aliphatic heterocycles. The predicted molar refractivity (Wildman–Crippen MR) is 65.0 cm³/mol. The number of ether oxygens (including phenoxy) is 2. The van der Waals surface area contributed by atoms with Crippen molar-refractivity contribution >= 4 is 17.3 Å². The van der Waals surface area contributed by atoms with E-state index in [9.17, 15) is 0 Å². The summed E-state index contributed by atoms with van der Waals surface area (Å²) in [6, 6.07) is 5.27. The predicted octanol–water partition coefficient (Wildman–Crippen LogP) is 2.87. The first-order valence-electron chi connectivity index (χ1n) is 5.55. The van der Waals surface area contributed by atoms with E-state index in [1.165, 1.54) is 0 Å². The highest BCUT2D eigenvalue weighted by molar-refractivity contribution is 6.30. The largest absolute Gasteiger partial charge is 0.491 e. The highest BCUT2D eigenvalue weighted by Crippen LogP contribution is 2.25. The van der Waals surface area contributed by atoms with Gasteiger partial charge >= 0.3 is 0 Å². The van der Waals surface area contributed by atoms with Crippen LogP contribution < -0.4 is 10.5 Å². The van der Waals surface area contributed by atoms with E-state index in [1.54, 1.807) is 18.2 Å². The van der Waals surface area contributed by atoms with E-state index in [-0.39, 0.29) is 0 Å². The molecule has 1 aromatic rings. The standard InChI is InChI=1S/C12H16ClNO2/c13-9-3-4-12(11(14)8-9)16-7-5-10-2-1-6-15-10/h3-4,8,10H,1-2,5-7,14H2. The van der Waals surface area contributed by atoms with Crippen LogP contribution in [0, 0.1) is 0 Å². The number of hydrogen-bond acceptors (Lipinski definition) is 3. The summed E-state index contributed by atoms with van der Waals surface area (Å²) in [6.45, 7) is 1.52. The smallest absolute Gasteiger partial charge is 0.142 e. The van der Waals surface area contributed by atoms with Crippen LogP contribution in [0.4, 0.5) is 5.69 Å². The monoisotopic (exact) mass is 241 g/mol. The van der Waals surface area contributed by atoms with Crippen LogP contribution in [0.2, 0.25) is 5.02 Å². The van der Waals surface area contributed by atoms with Crippen LogP contribution in [-0.4, -0.2) is 19.3 Å². The summed E-state index contributed by atoms with van der Waals surface area (Å²) < 4.78 is 11.1. The number of anilines is 1. The van der Waals surface area contributed by atoms with Crippen LogP contribution in [0.5, 0.6) is 5.75 Å². The van der Waals surface area contributed by atoms with E-state index in [2.05, 4.69) is 0 Å².